The lowest BCUT2D eigenvalue weighted by Crippen LogP contribution is -2.40. The number of rotatable bonds is 2. The molecule has 1 aromatic rings. The third kappa shape index (κ3) is 3.72. The van der Waals surface area contributed by atoms with E-state index >= 15 is 0 Å². The second kappa shape index (κ2) is 4.59. The van der Waals surface area contributed by atoms with Gasteiger partial charge in [-0.25, -0.2) is 0 Å². The largest absolute Gasteiger partial charge is 0.448 e. The smallest absolute Gasteiger partial charge is 0.287 e. The van der Waals surface area contributed by atoms with Crippen LogP contribution in [0.3, 0.4) is 0 Å². The van der Waals surface area contributed by atoms with Gasteiger partial charge in [0.15, 0.2) is 11.5 Å². The third-order valence-electron chi connectivity index (χ3n) is 2.22. The van der Waals surface area contributed by atoms with Crippen molar-refractivity contribution in [2.75, 3.05) is 0 Å². The van der Waals surface area contributed by atoms with Crippen LogP contribution in [0.4, 0.5) is 0 Å². The Bertz CT molecular complexity index is 458. The van der Waals surface area contributed by atoms with Gasteiger partial charge in [-0.1, -0.05) is 20.8 Å². The van der Waals surface area contributed by atoms with Crippen LogP contribution in [0.2, 0.25) is 0 Å². The SMILES string of the molecule is CC(C)(C)NC(=O)c1ccc(C(=O)C(C)(C)C)o1. The standard InChI is InChI=1S/C14H21NO3/c1-13(2,3)11(16)9-7-8-10(18-9)12(17)15-14(4,5)6/h7-8H,1-6H3,(H,15,17). The molecule has 0 saturated carbocycles. The molecule has 0 aliphatic carbocycles. The van der Waals surface area contributed by atoms with Gasteiger partial charge in [-0.05, 0) is 32.9 Å². The van der Waals surface area contributed by atoms with E-state index in [9.17, 15) is 9.59 Å². The molecular formula is C14H21NO3. The molecule has 0 radical (unpaired) electrons. The minimum Gasteiger partial charge on any atom is -0.448 e. The molecule has 100 valence electrons. The Hall–Kier alpha value is -1.58. The van der Waals surface area contributed by atoms with E-state index in [1.165, 1.54) is 6.07 Å². The summed E-state index contributed by atoms with van der Waals surface area (Å²) in [4.78, 5) is 23.8. The Balaban J connectivity index is 2.88. The van der Waals surface area contributed by atoms with Gasteiger partial charge in [-0.15, -0.1) is 0 Å². The molecule has 0 bridgehead atoms. The molecule has 0 aliphatic heterocycles. The second-order valence-corrected chi connectivity index (χ2v) is 6.45. The number of furan rings is 1. The molecule has 4 heteroatoms. The Morgan fingerprint density at radius 1 is 1.00 bits per heavy atom. The number of amides is 1. The number of hydrogen-bond donors (Lipinski definition) is 1. The average Bonchev–Trinajstić information content (AvgIpc) is 2.60. The monoisotopic (exact) mass is 251 g/mol. The van der Waals surface area contributed by atoms with Crippen molar-refractivity contribution in [2.24, 2.45) is 5.41 Å². The van der Waals surface area contributed by atoms with E-state index in [-0.39, 0.29) is 28.7 Å². The Kier molecular flexibility index (Phi) is 3.70. The number of nitrogens with one attached hydrogen (secondary N) is 1. The number of carbonyl (C=O) groups is 2. The van der Waals surface area contributed by atoms with Crippen molar-refractivity contribution in [1.82, 2.24) is 5.32 Å². The highest BCUT2D eigenvalue weighted by Gasteiger charge is 2.27. The molecule has 0 aliphatic rings. The van der Waals surface area contributed by atoms with E-state index in [0.717, 1.165) is 0 Å². The van der Waals surface area contributed by atoms with Crippen molar-refractivity contribution in [3.8, 4) is 0 Å². The van der Waals surface area contributed by atoms with Crippen LogP contribution in [0.1, 0.15) is 62.7 Å². The number of hydrogen-bond acceptors (Lipinski definition) is 3. The molecule has 4 nitrogen and oxygen atoms in total. The van der Waals surface area contributed by atoms with E-state index in [4.69, 9.17) is 4.42 Å². The summed E-state index contributed by atoms with van der Waals surface area (Å²) in [5.74, 6) is -0.0353. The van der Waals surface area contributed by atoms with Gasteiger partial charge in [-0.2, -0.15) is 0 Å². The van der Waals surface area contributed by atoms with Crippen molar-refractivity contribution in [3.63, 3.8) is 0 Å². The lowest BCUT2D eigenvalue weighted by molar-refractivity contribution is 0.0818. The summed E-state index contributed by atoms with van der Waals surface area (Å²) in [6.07, 6.45) is 0. The lowest BCUT2D eigenvalue weighted by Gasteiger charge is -2.19. The van der Waals surface area contributed by atoms with E-state index in [0.29, 0.717) is 0 Å². The van der Waals surface area contributed by atoms with Crippen LogP contribution in [0.15, 0.2) is 16.5 Å². The first-order valence-electron chi connectivity index (χ1n) is 5.98. The number of Topliss-reactive ketones (excluding diaryl/α,β-unsaturated/α-hetero) is 1. The quantitative estimate of drug-likeness (QED) is 0.822. The Morgan fingerprint density at radius 2 is 1.50 bits per heavy atom. The maximum absolute atomic E-state index is 12.0. The predicted molar refractivity (Wildman–Crippen MR) is 69.7 cm³/mol. The highest BCUT2D eigenvalue weighted by molar-refractivity contribution is 5.99. The zero-order valence-electron chi connectivity index (χ0n) is 11.9. The van der Waals surface area contributed by atoms with Crippen molar-refractivity contribution in [1.29, 1.82) is 0 Å². The molecule has 1 rings (SSSR count). The maximum Gasteiger partial charge on any atom is 0.287 e. The molecule has 0 unspecified atom stereocenters. The van der Waals surface area contributed by atoms with Crippen LogP contribution in [-0.2, 0) is 0 Å². The van der Waals surface area contributed by atoms with Crippen LogP contribution in [0.25, 0.3) is 0 Å². The van der Waals surface area contributed by atoms with Gasteiger partial charge in [0.1, 0.15) is 0 Å². The molecule has 0 aromatic carbocycles. The topological polar surface area (TPSA) is 59.3 Å². The molecule has 18 heavy (non-hydrogen) atoms. The Morgan fingerprint density at radius 3 is 1.94 bits per heavy atom. The summed E-state index contributed by atoms with van der Waals surface area (Å²) in [5.41, 5.74) is -0.853. The maximum atomic E-state index is 12.0. The molecule has 1 amide bonds. The molecule has 0 atom stereocenters. The van der Waals surface area contributed by atoms with Gasteiger partial charge in [0.2, 0.25) is 5.78 Å². The first-order valence-corrected chi connectivity index (χ1v) is 5.98. The fourth-order valence-electron chi connectivity index (χ4n) is 1.35. The van der Waals surface area contributed by atoms with Crippen LogP contribution in [-0.4, -0.2) is 17.2 Å². The lowest BCUT2D eigenvalue weighted by atomic mass is 9.89. The zero-order valence-corrected chi connectivity index (χ0v) is 11.9. The van der Waals surface area contributed by atoms with E-state index in [1.54, 1.807) is 6.07 Å². The van der Waals surface area contributed by atoms with Crippen LogP contribution >= 0.6 is 0 Å². The van der Waals surface area contributed by atoms with Gasteiger partial charge in [0.05, 0.1) is 0 Å². The van der Waals surface area contributed by atoms with Crippen molar-refractivity contribution in [3.05, 3.63) is 23.7 Å². The van der Waals surface area contributed by atoms with Gasteiger partial charge in [0, 0.05) is 11.0 Å². The third-order valence-corrected chi connectivity index (χ3v) is 2.22. The highest BCUT2D eigenvalue weighted by Crippen LogP contribution is 2.22. The Labute approximate surface area is 108 Å². The van der Waals surface area contributed by atoms with Crippen LogP contribution in [0.5, 0.6) is 0 Å². The normalized spacial score (nSPS) is 12.3. The van der Waals surface area contributed by atoms with Crippen LogP contribution < -0.4 is 5.32 Å². The second-order valence-electron chi connectivity index (χ2n) is 6.45. The summed E-state index contributed by atoms with van der Waals surface area (Å²) < 4.78 is 5.32. The van der Waals surface area contributed by atoms with E-state index < -0.39 is 5.41 Å². The number of carbonyl (C=O) groups excluding carboxylic acids is 2. The summed E-state index contributed by atoms with van der Waals surface area (Å²) in [7, 11) is 0. The number of ketones is 1. The fraction of sp³-hybridized carbons (Fsp3) is 0.571. The molecule has 0 spiro atoms. The van der Waals surface area contributed by atoms with Gasteiger partial charge in [-0.3, -0.25) is 9.59 Å². The van der Waals surface area contributed by atoms with Gasteiger partial charge < -0.3 is 9.73 Å². The molecule has 1 aromatic heterocycles. The average molecular weight is 251 g/mol. The summed E-state index contributed by atoms with van der Waals surface area (Å²) in [6, 6.07) is 3.07. The van der Waals surface area contributed by atoms with Gasteiger partial charge >= 0.3 is 0 Å². The van der Waals surface area contributed by atoms with Crippen LogP contribution in [0, 0.1) is 5.41 Å². The zero-order chi connectivity index (χ0) is 14.1. The molecule has 1 heterocycles. The predicted octanol–water partition coefficient (Wildman–Crippen LogP) is 3.04. The van der Waals surface area contributed by atoms with Crippen molar-refractivity contribution >= 4 is 11.7 Å². The minimum absolute atomic E-state index is 0.114. The molecular weight excluding hydrogens is 230 g/mol. The first-order chi connectivity index (χ1) is 8.00. The highest BCUT2D eigenvalue weighted by atomic mass is 16.4. The van der Waals surface area contributed by atoms with E-state index in [1.807, 2.05) is 41.5 Å². The molecule has 1 N–H and O–H groups in total. The van der Waals surface area contributed by atoms with E-state index in [2.05, 4.69) is 5.32 Å². The summed E-state index contributed by atoms with van der Waals surface area (Å²) >= 11 is 0. The summed E-state index contributed by atoms with van der Waals surface area (Å²) in [5, 5.41) is 2.78. The first kappa shape index (κ1) is 14.5. The fourth-order valence-corrected chi connectivity index (χ4v) is 1.35. The van der Waals surface area contributed by atoms with Gasteiger partial charge in [0.25, 0.3) is 5.91 Å². The molecule has 0 fully saturated rings. The minimum atomic E-state index is -0.518. The van der Waals surface area contributed by atoms with Crippen molar-refractivity contribution < 1.29 is 14.0 Å². The molecule has 0 saturated heterocycles. The summed E-state index contributed by atoms with van der Waals surface area (Å²) in [6.45, 7) is 11.1. The van der Waals surface area contributed by atoms with Crippen molar-refractivity contribution in [2.45, 2.75) is 47.1 Å².